The summed E-state index contributed by atoms with van der Waals surface area (Å²) in [5.74, 6) is -6.65. The number of benzene rings is 2. The van der Waals surface area contributed by atoms with Crippen molar-refractivity contribution in [1.82, 2.24) is 9.80 Å². The lowest BCUT2D eigenvalue weighted by molar-refractivity contribution is -0.165. The minimum absolute atomic E-state index is 0.0144. The average molecular weight is 932 g/mol. The monoisotopic (exact) mass is 931 g/mol. The molecule has 9 atom stereocenters. The Morgan fingerprint density at radius 3 is 2.27 bits per heavy atom. The molecule has 2 aromatic carbocycles. The maximum atomic E-state index is 14.9. The van der Waals surface area contributed by atoms with Crippen molar-refractivity contribution in [2.45, 2.75) is 111 Å². The van der Waals surface area contributed by atoms with Gasteiger partial charge in [-0.15, -0.1) is 0 Å². The number of anilines is 1. The highest BCUT2D eigenvalue weighted by molar-refractivity contribution is 6.21. The summed E-state index contributed by atoms with van der Waals surface area (Å²) in [7, 11) is 1.48. The van der Waals surface area contributed by atoms with Gasteiger partial charge >= 0.3 is 11.8 Å². The van der Waals surface area contributed by atoms with E-state index >= 15 is 0 Å². The van der Waals surface area contributed by atoms with Crippen molar-refractivity contribution in [3.63, 3.8) is 0 Å². The number of piperidine rings is 1. The minimum atomic E-state index is -1.97. The van der Waals surface area contributed by atoms with Gasteiger partial charge in [-0.1, -0.05) is 59.8 Å². The number of fused-ring (bicyclic) bond motifs is 13. The van der Waals surface area contributed by atoms with Crippen molar-refractivity contribution in [3.8, 4) is 17.2 Å². The zero-order chi connectivity index (χ0) is 48.7. The molecular formula is C50H69N5O12. The highest BCUT2D eigenvalue weighted by Crippen LogP contribution is 2.51. The number of nitrogens with zero attached hydrogens (tertiary/aromatic N) is 4. The summed E-state index contributed by atoms with van der Waals surface area (Å²) >= 11 is 0. The molecule has 2 aromatic rings. The Labute approximate surface area is 392 Å². The van der Waals surface area contributed by atoms with Crippen LogP contribution in [0.4, 0.5) is 5.69 Å². The Kier molecular flexibility index (Phi) is 14.9. The van der Waals surface area contributed by atoms with Crippen molar-refractivity contribution in [2.24, 2.45) is 39.6 Å². The molecule has 2 fully saturated rings. The largest absolute Gasteiger partial charge is 0.507 e. The summed E-state index contributed by atoms with van der Waals surface area (Å²) in [4.78, 5) is 56.3. The third kappa shape index (κ3) is 9.86. The lowest BCUT2D eigenvalue weighted by Crippen LogP contribution is -2.48. The molecule has 0 aliphatic carbocycles. The highest BCUT2D eigenvalue weighted by Gasteiger charge is 2.51. The standard InChI is InChI=1S/C50H69N5O12/c1-26(2)24-54-17-15-50(16-18-54)52-38-35-36-43(59)32(8)46-37(35)47(61)49(9,67-46)65-21-14-33(63-10)29(5)45(66-34(56)25-55-19-22-64-23-20-55)31(7)42(58)30(6)41(57)27(3)12-11-13-28(4)48(62)51-40(44(36)60)39(38)53-50/h11-14,21,26-27,29-31,33,41-42,45,52,57-60H,15-20,22-25H2,1-10H3/b12-11+,21-14+,28-13-,51-40?/t27-,29+,30+,31+,33-,41-,42+,45+,49-/m0/s1. The molecule has 6 aliphatic rings. The number of Topliss-reactive ketones (excluding diaryl/α,β-unsaturated/α-hetero) is 1. The summed E-state index contributed by atoms with van der Waals surface area (Å²) in [5, 5.41) is 51.2. The molecule has 8 rings (SSSR count). The number of ether oxygens (including phenoxy) is 5. The molecule has 0 saturated carbocycles. The van der Waals surface area contributed by atoms with E-state index < -0.39 is 82.9 Å². The number of phenolic OH excluding ortho intramolecular Hbond substituents is 2. The number of carbonyl (C=O) groups is 3. The van der Waals surface area contributed by atoms with E-state index in [9.17, 15) is 34.8 Å². The number of hydrogen-bond donors (Lipinski definition) is 5. The van der Waals surface area contributed by atoms with Gasteiger partial charge in [-0.25, -0.2) is 4.99 Å². The van der Waals surface area contributed by atoms with E-state index in [2.05, 4.69) is 29.1 Å². The number of esters is 1. The second-order valence-corrected chi connectivity index (χ2v) is 19.7. The molecule has 366 valence electrons. The number of morpholine rings is 1. The number of allylic oxidation sites excluding steroid dienone is 2. The lowest BCUT2D eigenvalue weighted by atomic mass is 9.78. The molecule has 2 saturated heterocycles. The van der Waals surface area contributed by atoms with E-state index in [1.165, 1.54) is 20.3 Å². The van der Waals surface area contributed by atoms with Gasteiger partial charge in [-0.05, 0) is 25.8 Å². The normalized spacial score (nSPS) is 32.5. The van der Waals surface area contributed by atoms with Crippen molar-refractivity contribution in [2.75, 3.05) is 64.9 Å². The number of aromatic hydroxyl groups is 2. The van der Waals surface area contributed by atoms with Gasteiger partial charge in [-0.2, -0.15) is 0 Å². The Bertz CT molecular complexity index is 2460. The van der Waals surface area contributed by atoms with Gasteiger partial charge in [0.25, 0.3) is 11.7 Å². The summed E-state index contributed by atoms with van der Waals surface area (Å²) < 4.78 is 30.1. The van der Waals surface area contributed by atoms with Gasteiger partial charge in [0, 0.05) is 99.8 Å². The van der Waals surface area contributed by atoms with Crippen LogP contribution in [-0.2, 0) is 28.5 Å². The first-order valence-corrected chi connectivity index (χ1v) is 23.6. The van der Waals surface area contributed by atoms with Crippen LogP contribution < -0.4 is 20.8 Å². The van der Waals surface area contributed by atoms with E-state index in [-0.39, 0.29) is 56.2 Å². The summed E-state index contributed by atoms with van der Waals surface area (Å²) in [6.07, 6.45) is 5.00. The molecule has 1 amide bonds. The third-order valence-corrected chi connectivity index (χ3v) is 14.3. The lowest BCUT2D eigenvalue weighted by Gasteiger charge is -2.38. The number of phenols is 2. The van der Waals surface area contributed by atoms with Crippen molar-refractivity contribution >= 4 is 34.1 Å². The van der Waals surface area contributed by atoms with E-state index in [0.29, 0.717) is 50.8 Å². The Hall–Kier alpha value is -4.91. The molecule has 5 N–H and O–H groups in total. The van der Waals surface area contributed by atoms with Crippen LogP contribution in [0.15, 0.2) is 46.1 Å². The molecule has 0 aromatic heterocycles. The van der Waals surface area contributed by atoms with Crippen molar-refractivity contribution < 1.29 is 58.5 Å². The molecule has 0 radical (unpaired) electrons. The van der Waals surface area contributed by atoms with Gasteiger partial charge in [0.05, 0.1) is 61.0 Å². The fraction of sp³-hybridized carbons (Fsp3) is 0.620. The predicted octanol–water partition coefficient (Wildman–Crippen LogP) is 4.06. The first-order valence-electron chi connectivity index (χ1n) is 23.6. The molecule has 0 unspecified atom stereocenters. The fourth-order valence-corrected chi connectivity index (χ4v) is 10.2. The minimum Gasteiger partial charge on any atom is -0.507 e. The average Bonchev–Trinajstić information content (AvgIpc) is 3.80. The van der Waals surface area contributed by atoms with Crippen LogP contribution in [0.1, 0.15) is 84.2 Å². The number of likely N-dealkylation sites (tertiary alicyclic amines) is 1. The van der Waals surface area contributed by atoms with Crippen LogP contribution in [0, 0.1) is 36.5 Å². The number of amides is 1. The molecule has 6 heterocycles. The maximum Gasteiger partial charge on any atom is 0.320 e. The molecule has 1 spiro atoms. The number of methoxy groups -OCH3 is 1. The topological polar surface area (TPSA) is 222 Å². The molecule has 6 aliphatic heterocycles. The van der Waals surface area contributed by atoms with Gasteiger partial charge in [0.1, 0.15) is 34.0 Å². The molecule has 17 heteroatoms. The second-order valence-electron chi connectivity index (χ2n) is 19.7. The number of carbonyl (C=O) groups excluding carboxylic acids is 3. The number of nitrogens with one attached hydrogen (secondary N) is 1. The zero-order valence-electron chi connectivity index (χ0n) is 40.5. The van der Waals surface area contributed by atoms with Gasteiger partial charge in [-0.3, -0.25) is 24.3 Å². The predicted molar refractivity (Wildman–Crippen MR) is 249 cm³/mol. The first kappa shape index (κ1) is 50.0. The molecular weight excluding hydrogens is 863 g/mol. The fourth-order valence-electron chi connectivity index (χ4n) is 10.2. The van der Waals surface area contributed by atoms with Gasteiger partial charge < -0.3 is 54.3 Å². The van der Waals surface area contributed by atoms with Gasteiger partial charge in [0.2, 0.25) is 0 Å². The third-order valence-electron chi connectivity index (χ3n) is 14.3. The van der Waals surface area contributed by atoms with Crippen molar-refractivity contribution in [3.05, 3.63) is 58.0 Å². The van der Waals surface area contributed by atoms with Crippen LogP contribution in [0.5, 0.6) is 17.2 Å². The first-order chi connectivity index (χ1) is 31.7. The molecule has 5 bridgehead atoms. The van der Waals surface area contributed by atoms with Crippen LogP contribution >= 0.6 is 0 Å². The van der Waals surface area contributed by atoms with Crippen LogP contribution in [0.3, 0.4) is 0 Å². The Morgan fingerprint density at radius 2 is 1.61 bits per heavy atom. The number of aliphatic hydroxyl groups is 2. The SMILES string of the molecule is CO[C@H]1/C=C/O[C@@]2(C)Oc3c(C)c(O)c4c(O)c(c5c(c4c3C2=O)NC2(CCN(CC(C)C)CC2)N=5)=NC(=O)/C(C)=C\C=C\[C@H](C)[C@H](O)[C@@H](C)[C@@H](O)[C@@H](C)[C@H](OC(=O)CN2CCOCC2)[C@@H]1C. The highest BCUT2D eigenvalue weighted by atomic mass is 16.7. The summed E-state index contributed by atoms with van der Waals surface area (Å²) in [5.41, 5.74) is -0.130. The summed E-state index contributed by atoms with van der Waals surface area (Å²) in [6, 6.07) is 0. The second kappa shape index (κ2) is 20.0. The molecule has 67 heavy (non-hydrogen) atoms. The quantitative estimate of drug-likeness (QED) is 0.204. The Balaban J connectivity index is 1.35. The number of hydrogen-bond acceptors (Lipinski definition) is 16. The van der Waals surface area contributed by atoms with E-state index in [1.807, 2.05) is 11.8 Å². The number of aliphatic hydroxyl groups excluding tert-OH is 2. The van der Waals surface area contributed by atoms with Crippen LogP contribution in [0.25, 0.3) is 10.8 Å². The van der Waals surface area contributed by atoms with Crippen LogP contribution in [-0.4, -0.2) is 143 Å². The molecule has 17 nitrogen and oxygen atoms in total. The summed E-state index contributed by atoms with van der Waals surface area (Å²) in [6.45, 7) is 20.5. The van der Waals surface area contributed by atoms with E-state index in [0.717, 1.165) is 19.6 Å². The van der Waals surface area contributed by atoms with Crippen LogP contribution in [0.2, 0.25) is 0 Å². The van der Waals surface area contributed by atoms with E-state index in [1.54, 1.807) is 58.9 Å². The zero-order valence-corrected chi connectivity index (χ0v) is 40.5. The maximum absolute atomic E-state index is 14.9. The van der Waals surface area contributed by atoms with Gasteiger partial charge in [0.15, 0.2) is 5.75 Å². The smallest absolute Gasteiger partial charge is 0.320 e. The number of ketones is 1. The van der Waals surface area contributed by atoms with Crippen molar-refractivity contribution in [1.29, 1.82) is 0 Å². The van der Waals surface area contributed by atoms with E-state index in [4.69, 9.17) is 28.7 Å². The Morgan fingerprint density at radius 1 is 0.925 bits per heavy atom. The number of rotatable bonds is 6.